The smallest absolute Gasteiger partial charge is 0.404 e. The zero-order valence-corrected chi connectivity index (χ0v) is 6.31. The fraction of sp³-hybridized carbons (Fsp3) is 0.833. The highest BCUT2D eigenvalue weighted by atomic mass is 16.5. The molecule has 3 heteroatoms. The number of amides is 1. The summed E-state index contributed by atoms with van der Waals surface area (Å²) in [5.41, 5.74) is 4.54. The molecule has 0 rings (SSSR count). The van der Waals surface area contributed by atoms with Crippen LogP contribution in [0.4, 0.5) is 4.79 Å². The summed E-state index contributed by atoms with van der Waals surface area (Å²) >= 11 is 0. The van der Waals surface area contributed by atoms with Crippen LogP contribution in [0, 0.1) is 0 Å². The van der Waals surface area contributed by atoms with Crippen LogP contribution in [0.15, 0.2) is 0 Å². The number of rotatable bonds is 1. The molecule has 0 aromatic heterocycles. The summed E-state index contributed by atoms with van der Waals surface area (Å²) in [7, 11) is 0. The molecule has 0 aromatic carbocycles. The van der Waals surface area contributed by atoms with Gasteiger partial charge in [0.05, 0.1) is 6.61 Å². The summed E-state index contributed by atoms with van der Waals surface area (Å²) < 4.78 is 4.18. The van der Waals surface area contributed by atoms with Crippen molar-refractivity contribution in [3.8, 4) is 0 Å². The average Bonchev–Trinajstić information content (AvgIpc) is 1.67. The van der Waals surface area contributed by atoms with Crippen molar-refractivity contribution in [3.05, 3.63) is 0 Å². The quantitative estimate of drug-likeness (QED) is 0.589. The van der Waals surface area contributed by atoms with Crippen molar-refractivity contribution in [2.24, 2.45) is 5.73 Å². The van der Waals surface area contributed by atoms with Crippen LogP contribution in [0.5, 0.6) is 0 Å². The van der Waals surface area contributed by atoms with E-state index in [1.54, 1.807) is 6.92 Å². The molecule has 0 saturated heterocycles. The van der Waals surface area contributed by atoms with Gasteiger partial charge in [0.2, 0.25) is 0 Å². The predicted octanol–water partition coefficient (Wildman–Crippen LogP) is 1.52. The zero-order chi connectivity index (χ0) is 7.70. The van der Waals surface area contributed by atoms with Gasteiger partial charge in [-0.25, -0.2) is 4.79 Å². The van der Waals surface area contributed by atoms with E-state index in [1.807, 2.05) is 0 Å². The molecule has 0 spiro atoms. The van der Waals surface area contributed by atoms with Crippen molar-refractivity contribution in [3.63, 3.8) is 0 Å². The molecule has 0 unspecified atom stereocenters. The van der Waals surface area contributed by atoms with Gasteiger partial charge in [0, 0.05) is 0 Å². The van der Waals surface area contributed by atoms with Crippen LogP contribution in [0.1, 0.15) is 27.2 Å². The highest BCUT2D eigenvalue weighted by molar-refractivity contribution is 5.64. The fourth-order valence-corrected chi connectivity index (χ4v) is 0.142. The second-order valence-corrected chi connectivity index (χ2v) is 1.46. The lowest BCUT2D eigenvalue weighted by Crippen LogP contribution is -2.11. The summed E-state index contributed by atoms with van der Waals surface area (Å²) in [6.45, 7) is 6.31. The van der Waals surface area contributed by atoms with Crippen LogP contribution >= 0.6 is 0 Å². The van der Waals surface area contributed by atoms with E-state index >= 15 is 0 Å². The standard InChI is InChI=1S/C3H7NO2.C3H8/c1-2-6-3(4)5;1-3-2/h2H2,1H3,(H2,4,5);3H2,1-2H3. The van der Waals surface area contributed by atoms with E-state index in [2.05, 4.69) is 24.3 Å². The van der Waals surface area contributed by atoms with E-state index in [9.17, 15) is 4.79 Å². The number of carbonyl (C=O) groups is 1. The Balaban J connectivity index is 0. The van der Waals surface area contributed by atoms with Crippen LogP contribution in [-0.2, 0) is 4.74 Å². The lowest BCUT2D eigenvalue weighted by molar-refractivity contribution is 0.163. The molecule has 3 nitrogen and oxygen atoms in total. The Morgan fingerprint density at radius 1 is 1.44 bits per heavy atom. The maximum absolute atomic E-state index is 9.60. The summed E-state index contributed by atoms with van der Waals surface area (Å²) in [6, 6.07) is 0. The van der Waals surface area contributed by atoms with Gasteiger partial charge in [-0.2, -0.15) is 0 Å². The first-order valence-corrected chi connectivity index (χ1v) is 3.11. The van der Waals surface area contributed by atoms with Gasteiger partial charge < -0.3 is 10.5 Å². The summed E-state index contributed by atoms with van der Waals surface area (Å²) in [4.78, 5) is 9.60. The van der Waals surface area contributed by atoms with E-state index < -0.39 is 6.09 Å². The lowest BCUT2D eigenvalue weighted by atomic mass is 10.6. The molecule has 56 valence electrons. The normalized spacial score (nSPS) is 7.00. The Morgan fingerprint density at radius 3 is 1.78 bits per heavy atom. The summed E-state index contributed by atoms with van der Waals surface area (Å²) in [6.07, 6.45) is 0.539. The molecule has 0 aromatic rings. The molecule has 0 aliphatic carbocycles. The number of carbonyl (C=O) groups excluding carboxylic acids is 1. The Bertz CT molecular complexity index is 64.1. The third-order valence-electron chi connectivity index (χ3n) is 0.287. The molecule has 1 amide bonds. The van der Waals surface area contributed by atoms with Gasteiger partial charge in [0.15, 0.2) is 0 Å². The number of hydrogen-bond acceptors (Lipinski definition) is 2. The van der Waals surface area contributed by atoms with Crippen molar-refractivity contribution in [2.45, 2.75) is 27.2 Å². The van der Waals surface area contributed by atoms with Gasteiger partial charge in [0.1, 0.15) is 0 Å². The maximum atomic E-state index is 9.60. The first-order chi connectivity index (χ1) is 4.18. The Hall–Kier alpha value is -0.730. The van der Waals surface area contributed by atoms with E-state index in [1.165, 1.54) is 6.42 Å². The largest absolute Gasteiger partial charge is 0.450 e. The molecule has 0 fully saturated rings. The lowest BCUT2D eigenvalue weighted by Gasteiger charge is -1.89. The van der Waals surface area contributed by atoms with Gasteiger partial charge in [-0.15, -0.1) is 0 Å². The third-order valence-corrected chi connectivity index (χ3v) is 0.287. The monoisotopic (exact) mass is 133 g/mol. The molecular formula is C6H15NO2. The molecule has 0 aliphatic heterocycles. The molecule has 9 heavy (non-hydrogen) atoms. The summed E-state index contributed by atoms with van der Waals surface area (Å²) in [5, 5.41) is 0. The van der Waals surface area contributed by atoms with E-state index in [0.29, 0.717) is 6.61 Å². The molecule has 0 aliphatic rings. The highest BCUT2D eigenvalue weighted by Crippen LogP contribution is 1.66. The Labute approximate surface area is 56.2 Å². The molecule has 0 atom stereocenters. The van der Waals surface area contributed by atoms with E-state index in [4.69, 9.17) is 0 Å². The maximum Gasteiger partial charge on any atom is 0.404 e. The SMILES string of the molecule is CCC.CCOC(N)=O. The van der Waals surface area contributed by atoms with Gasteiger partial charge in [0.25, 0.3) is 0 Å². The third kappa shape index (κ3) is 39.2. The zero-order valence-electron chi connectivity index (χ0n) is 6.31. The molecule has 2 N–H and O–H groups in total. The van der Waals surface area contributed by atoms with Gasteiger partial charge in [-0.1, -0.05) is 20.3 Å². The van der Waals surface area contributed by atoms with Crippen LogP contribution in [0.3, 0.4) is 0 Å². The van der Waals surface area contributed by atoms with Crippen LogP contribution in [0.25, 0.3) is 0 Å². The van der Waals surface area contributed by atoms with E-state index in [-0.39, 0.29) is 0 Å². The topological polar surface area (TPSA) is 52.3 Å². The Morgan fingerprint density at radius 2 is 1.78 bits per heavy atom. The second kappa shape index (κ2) is 10.3. The minimum Gasteiger partial charge on any atom is -0.450 e. The second-order valence-electron chi connectivity index (χ2n) is 1.46. The molecule has 0 saturated carbocycles. The van der Waals surface area contributed by atoms with E-state index in [0.717, 1.165) is 0 Å². The molecule has 0 bridgehead atoms. The van der Waals surface area contributed by atoms with Crippen LogP contribution in [0.2, 0.25) is 0 Å². The average molecular weight is 133 g/mol. The molecular weight excluding hydrogens is 118 g/mol. The van der Waals surface area contributed by atoms with Gasteiger partial charge in [-0.05, 0) is 6.92 Å². The number of ether oxygens (including phenoxy) is 1. The first kappa shape index (κ1) is 11.1. The fourth-order valence-electron chi connectivity index (χ4n) is 0.142. The number of primary amides is 1. The van der Waals surface area contributed by atoms with Gasteiger partial charge >= 0.3 is 6.09 Å². The number of nitrogens with two attached hydrogens (primary N) is 1. The van der Waals surface area contributed by atoms with Crippen LogP contribution in [-0.4, -0.2) is 12.7 Å². The van der Waals surface area contributed by atoms with Crippen molar-refractivity contribution in [1.82, 2.24) is 0 Å². The molecule has 0 heterocycles. The highest BCUT2D eigenvalue weighted by Gasteiger charge is 1.82. The van der Waals surface area contributed by atoms with Crippen molar-refractivity contribution >= 4 is 6.09 Å². The first-order valence-electron chi connectivity index (χ1n) is 3.11. The van der Waals surface area contributed by atoms with Crippen LogP contribution < -0.4 is 5.73 Å². The molecule has 0 radical (unpaired) electrons. The summed E-state index contributed by atoms with van der Waals surface area (Å²) in [5.74, 6) is 0. The Kier molecular flexibility index (Phi) is 12.7. The van der Waals surface area contributed by atoms with Crippen molar-refractivity contribution < 1.29 is 9.53 Å². The minimum absolute atomic E-state index is 0.356. The van der Waals surface area contributed by atoms with Crippen molar-refractivity contribution in [1.29, 1.82) is 0 Å². The predicted molar refractivity (Wildman–Crippen MR) is 37.2 cm³/mol. The van der Waals surface area contributed by atoms with Gasteiger partial charge in [-0.3, -0.25) is 0 Å². The minimum atomic E-state index is -0.711. The number of hydrogen-bond donors (Lipinski definition) is 1. The van der Waals surface area contributed by atoms with Crippen molar-refractivity contribution in [2.75, 3.05) is 6.61 Å².